The van der Waals surface area contributed by atoms with Crippen molar-refractivity contribution < 1.29 is 17.6 Å². The van der Waals surface area contributed by atoms with E-state index in [4.69, 9.17) is 11.6 Å². The van der Waals surface area contributed by atoms with Crippen LogP contribution in [0.1, 0.15) is 32.9 Å². The maximum atomic E-state index is 14.9. The molecule has 10 heteroatoms. The third kappa shape index (κ3) is 5.05. The number of rotatable bonds is 6. The summed E-state index contributed by atoms with van der Waals surface area (Å²) in [6.45, 7) is 1.82. The number of pyridine rings is 2. The van der Waals surface area contributed by atoms with Crippen LogP contribution in [0.3, 0.4) is 0 Å². The molecule has 1 amide bonds. The van der Waals surface area contributed by atoms with Gasteiger partial charge in [0, 0.05) is 71.2 Å². The van der Waals surface area contributed by atoms with Crippen LogP contribution < -0.4 is 5.32 Å². The SMILES string of the molecule is Cc1cc2cc(Cc3cc(C(=O)NCc4ccc5[nH]cc(Cl)c5c4F)ccn3)cc(S(C)(=O)=O)c2cn1. The Kier molecular flexibility index (Phi) is 6.43. The van der Waals surface area contributed by atoms with Gasteiger partial charge < -0.3 is 10.3 Å². The van der Waals surface area contributed by atoms with E-state index in [1.807, 2.05) is 19.1 Å². The van der Waals surface area contributed by atoms with Crippen molar-refractivity contribution in [1.82, 2.24) is 20.3 Å². The number of benzene rings is 2. The number of aromatic amines is 1. The van der Waals surface area contributed by atoms with Crippen LogP contribution in [-0.2, 0) is 22.8 Å². The van der Waals surface area contributed by atoms with Crippen molar-refractivity contribution in [2.75, 3.05) is 6.26 Å². The van der Waals surface area contributed by atoms with Gasteiger partial charge in [-0.3, -0.25) is 14.8 Å². The Morgan fingerprint density at radius 3 is 2.73 bits per heavy atom. The lowest BCUT2D eigenvalue weighted by molar-refractivity contribution is 0.0950. The van der Waals surface area contributed by atoms with Crippen LogP contribution in [0.25, 0.3) is 21.7 Å². The average Bonchev–Trinajstić information content (AvgIpc) is 3.23. The topological polar surface area (TPSA) is 105 Å². The smallest absolute Gasteiger partial charge is 0.251 e. The molecule has 2 N–H and O–H groups in total. The van der Waals surface area contributed by atoms with E-state index in [2.05, 4.69) is 20.3 Å². The molecule has 0 saturated heterocycles. The van der Waals surface area contributed by atoms with E-state index in [9.17, 15) is 17.6 Å². The number of sulfone groups is 1. The fourth-order valence-electron chi connectivity index (χ4n) is 4.33. The number of aromatic nitrogens is 3. The molecule has 0 aliphatic heterocycles. The molecular formula is C27H22ClFN4O3S. The molecule has 0 bridgehead atoms. The Labute approximate surface area is 217 Å². The molecule has 37 heavy (non-hydrogen) atoms. The van der Waals surface area contributed by atoms with E-state index in [1.165, 1.54) is 18.6 Å². The fraction of sp³-hybridized carbons (Fsp3) is 0.148. The molecule has 188 valence electrons. The number of carbonyl (C=O) groups is 1. The van der Waals surface area contributed by atoms with Gasteiger partial charge in [-0.2, -0.15) is 0 Å². The van der Waals surface area contributed by atoms with Crippen LogP contribution in [-0.4, -0.2) is 35.5 Å². The van der Waals surface area contributed by atoms with Gasteiger partial charge >= 0.3 is 0 Å². The highest BCUT2D eigenvalue weighted by molar-refractivity contribution is 7.91. The summed E-state index contributed by atoms with van der Waals surface area (Å²) in [5.41, 5.74) is 3.35. The first-order chi connectivity index (χ1) is 17.6. The van der Waals surface area contributed by atoms with Gasteiger partial charge in [-0.05, 0) is 48.2 Å². The minimum atomic E-state index is -3.49. The molecule has 3 aromatic heterocycles. The minimum absolute atomic E-state index is 0.0183. The second kappa shape index (κ2) is 9.57. The van der Waals surface area contributed by atoms with E-state index in [-0.39, 0.29) is 27.8 Å². The molecule has 0 radical (unpaired) electrons. The number of H-pyrrole nitrogens is 1. The molecule has 3 heterocycles. The number of aryl methyl sites for hydroxylation is 1. The zero-order valence-electron chi connectivity index (χ0n) is 20.0. The Balaban J connectivity index is 1.38. The quantitative estimate of drug-likeness (QED) is 0.313. The molecule has 0 saturated carbocycles. The molecule has 5 rings (SSSR count). The summed E-state index contributed by atoms with van der Waals surface area (Å²) >= 11 is 6.06. The zero-order chi connectivity index (χ0) is 26.3. The Bertz CT molecular complexity index is 1800. The molecule has 0 unspecified atom stereocenters. The van der Waals surface area contributed by atoms with Gasteiger partial charge in [0.1, 0.15) is 5.82 Å². The molecule has 5 aromatic rings. The summed E-state index contributed by atoms with van der Waals surface area (Å²) < 4.78 is 39.7. The van der Waals surface area contributed by atoms with E-state index >= 15 is 0 Å². The summed E-state index contributed by atoms with van der Waals surface area (Å²) in [6.07, 6.45) is 6.09. The van der Waals surface area contributed by atoms with Crippen molar-refractivity contribution in [3.63, 3.8) is 0 Å². The van der Waals surface area contributed by atoms with Crippen molar-refractivity contribution in [1.29, 1.82) is 0 Å². The molecular weight excluding hydrogens is 515 g/mol. The van der Waals surface area contributed by atoms with Crippen LogP contribution in [0.4, 0.5) is 4.39 Å². The Morgan fingerprint density at radius 2 is 1.95 bits per heavy atom. The van der Waals surface area contributed by atoms with Gasteiger partial charge in [0.05, 0.1) is 15.3 Å². The van der Waals surface area contributed by atoms with Gasteiger partial charge in [0.2, 0.25) is 0 Å². The molecule has 2 aromatic carbocycles. The van der Waals surface area contributed by atoms with E-state index in [0.29, 0.717) is 34.1 Å². The second-order valence-corrected chi connectivity index (χ2v) is 11.3. The van der Waals surface area contributed by atoms with Crippen LogP contribution in [0.15, 0.2) is 66.0 Å². The van der Waals surface area contributed by atoms with E-state index in [1.54, 1.807) is 36.5 Å². The molecule has 7 nitrogen and oxygen atoms in total. The normalized spacial score (nSPS) is 11.8. The number of hydrogen-bond acceptors (Lipinski definition) is 5. The molecule has 0 spiro atoms. The number of nitrogens with one attached hydrogen (secondary N) is 2. The van der Waals surface area contributed by atoms with E-state index < -0.39 is 15.7 Å². The molecule has 0 aliphatic carbocycles. The average molecular weight is 537 g/mol. The Hall–Kier alpha value is -3.82. The predicted molar refractivity (Wildman–Crippen MR) is 141 cm³/mol. The largest absolute Gasteiger partial charge is 0.360 e. The summed E-state index contributed by atoms with van der Waals surface area (Å²) in [7, 11) is -3.49. The minimum Gasteiger partial charge on any atom is -0.360 e. The first-order valence-corrected chi connectivity index (χ1v) is 13.6. The van der Waals surface area contributed by atoms with Crippen molar-refractivity contribution >= 4 is 49.0 Å². The maximum absolute atomic E-state index is 14.9. The van der Waals surface area contributed by atoms with Crippen molar-refractivity contribution in [2.24, 2.45) is 0 Å². The lowest BCUT2D eigenvalue weighted by Gasteiger charge is -2.11. The van der Waals surface area contributed by atoms with Crippen molar-refractivity contribution in [2.45, 2.75) is 24.8 Å². The summed E-state index contributed by atoms with van der Waals surface area (Å²) in [4.78, 5) is 24.5. The second-order valence-electron chi connectivity index (χ2n) is 8.91. The number of carbonyl (C=O) groups excluding carboxylic acids is 1. The van der Waals surface area contributed by atoms with Crippen LogP contribution in [0.5, 0.6) is 0 Å². The van der Waals surface area contributed by atoms with Crippen molar-refractivity contribution in [3.8, 4) is 0 Å². The number of hydrogen-bond donors (Lipinski definition) is 2. The monoisotopic (exact) mass is 536 g/mol. The predicted octanol–water partition coefficient (Wildman–Crippen LogP) is 5.14. The van der Waals surface area contributed by atoms with Crippen LogP contribution >= 0.6 is 11.6 Å². The molecule has 0 atom stereocenters. The summed E-state index contributed by atoms with van der Waals surface area (Å²) in [6, 6.07) is 11.9. The zero-order valence-corrected chi connectivity index (χ0v) is 21.5. The van der Waals surface area contributed by atoms with Gasteiger partial charge in [0.15, 0.2) is 9.84 Å². The summed E-state index contributed by atoms with van der Waals surface area (Å²) in [5.74, 6) is -0.872. The van der Waals surface area contributed by atoms with Crippen LogP contribution in [0, 0.1) is 12.7 Å². The first kappa shape index (κ1) is 24.9. The van der Waals surface area contributed by atoms with Gasteiger partial charge in [-0.1, -0.05) is 23.7 Å². The molecule has 0 aliphatic rings. The standard InChI is InChI=1S/C27H22ClFN4O3S/c1-15-7-19-8-16(10-24(37(2,35)36)21(19)13-31-15)9-20-11-17(5-6-30-20)27(34)33-12-18-3-4-23-25(26(18)29)22(28)14-32-23/h3-8,10-11,13-14,32H,9,12H2,1-2H3,(H,33,34). The van der Waals surface area contributed by atoms with E-state index in [0.717, 1.165) is 16.6 Å². The highest BCUT2D eigenvalue weighted by Crippen LogP contribution is 2.28. The summed E-state index contributed by atoms with van der Waals surface area (Å²) in [5, 5.41) is 4.62. The van der Waals surface area contributed by atoms with Gasteiger partial charge in [-0.15, -0.1) is 0 Å². The number of amides is 1. The lowest BCUT2D eigenvalue weighted by atomic mass is 10.0. The van der Waals surface area contributed by atoms with Gasteiger partial charge in [0.25, 0.3) is 5.91 Å². The number of halogens is 2. The maximum Gasteiger partial charge on any atom is 0.251 e. The van der Waals surface area contributed by atoms with Crippen LogP contribution in [0.2, 0.25) is 5.02 Å². The van der Waals surface area contributed by atoms with Gasteiger partial charge in [-0.25, -0.2) is 12.8 Å². The lowest BCUT2D eigenvalue weighted by Crippen LogP contribution is -2.23. The fourth-order valence-corrected chi connectivity index (χ4v) is 5.50. The highest BCUT2D eigenvalue weighted by atomic mass is 35.5. The molecule has 0 fully saturated rings. The number of fused-ring (bicyclic) bond motifs is 2. The third-order valence-corrected chi connectivity index (χ3v) is 7.55. The third-order valence-electron chi connectivity index (χ3n) is 6.11. The highest BCUT2D eigenvalue weighted by Gasteiger charge is 2.16. The first-order valence-electron chi connectivity index (χ1n) is 11.4. The van der Waals surface area contributed by atoms with Crippen molar-refractivity contribution in [3.05, 3.63) is 100.0 Å². The Morgan fingerprint density at radius 1 is 1.14 bits per heavy atom. The number of nitrogens with zero attached hydrogens (tertiary/aromatic N) is 2.